The Labute approximate surface area is 174 Å². The number of halogens is 1. The van der Waals surface area contributed by atoms with Gasteiger partial charge < -0.3 is 10.6 Å². The molecule has 0 aliphatic rings. The number of benzene rings is 2. The van der Waals surface area contributed by atoms with Gasteiger partial charge in [-0.2, -0.15) is 5.26 Å². The van der Waals surface area contributed by atoms with Crippen molar-refractivity contribution >= 4 is 34.7 Å². The largest absolute Gasteiger partial charge is 0.340 e. The Morgan fingerprint density at radius 2 is 1.90 bits per heavy atom. The zero-order valence-electron chi connectivity index (χ0n) is 15.9. The summed E-state index contributed by atoms with van der Waals surface area (Å²) in [6.07, 6.45) is 2.40. The minimum Gasteiger partial charge on any atom is -0.340 e. The van der Waals surface area contributed by atoms with E-state index in [2.05, 4.69) is 29.1 Å². The molecule has 2 N–H and O–H groups in total. The number of hydrogen-bond acceptors (Lipinski definition) is 4. The SMILES string of the molecule is C=C(Nc1ccc(Cl)cn1)c1cc(CC)ccc1NC(=O)c1ccc(C#N)cc1. The predicted octanol–water partition coefficient (Wildman–Crippen LogP) is 5.50. The zero-order chi connectivity index (χ0) is 20.8. The molecule has 3 rings (SSSR count). The summed E-state index contributed by atoms with van der Waals surface area (Å²) >= 11 is 5.89. The molecule has 0 atom stereocenters. The van der Waals surface area contributed by atoms with Crippen LogP contribution >= 0.6 is 11.6 Å². The van der Waals surface area contributed by atoms with E-state index in [1.807, 2.05) is 24.3 Å². The lowest BCUT2D eigenvalue weighted by atomic mass is 10.0. The van der Waals surface area contributed by atoms with Crippen molar-refractivity contribution in [2.45, 2.75) is 13.3 Å². The van der Waals surface area contributed by atoms with Gasteiger partial charge in [0.15, 0.2) is 0 Å². The summed E-state index contributed by atoms with van der Waals surface area (Å²) in [6.45, 7) is 6.17. The summed E-state index contributed by atoms with van der Waals surface area (Å²) in [6, 6.07) is 17.8. The molecule has 144 valence electrons. The molecule has 3 aromatic rings. The van der Waals surface area contributed by atoms with E-state index in [1.165, 1.54) is 0 Å². The van der Waals surface area contributed by atoms with Gasteiger partial charge in [-0.25, -0.2) is 4.98 Å². The van der Waals surface area contributed by atoms with E-state index in [1.54, 1.807) is 42.6 Å². The number of amides is 1. The summed E-state index contributed by atoms with van der Waals surface area (Å²) < 4.78 is 0. The van der Waals surface area contributed by atoms with E-state index in [4.69, 9.17) is 16.9 Å². The molecule has 1 heterocycles. The molecule has 1 amide bonds. The van der Waals surface area contributed by atoms with E-state index in [0.29, 0.717) is 33.4 Å². The fourth-order valence-corrected chi connectivity index (χ4v) is 2.84. The van der Waals surface area contributed by atoms with Crippen LogP contribution in [0, 0.1) is 11.3 Å². The fraction of sp³-hybridized carbons (Fsp3) is 0.0870. The van der Waals surface area contributed by atoms with Gasteiger partial charge in [0.25, 0.3) is 5.91 Å². The second kappa shape index (κ2) is 9.05. The molecule has 2 aromatic carbocycles. The molecular weight excluding hydrogens is 384 g/mol. The molecule has 0 saturated carbocycles. The van der Waals surface area contributed by atoms with Gasteiger partial charge in [-0.05, 0) is 60.5 Å². The number of aromatic nitrogens is 1. The van der Waals surface area contributed by atoms with E-state index < -0.39 is 0 Å². The van der Waals surface area contributed by atoms with E-state index >= 15 is 0 Å². The number of nitrogens with zero attached hydrogens (tertiary/aromatic N) is 2. The third-order valence-electron chi connectivity index (χ3n) is 4.35. The number of nitriles is 1. The number of carbonyl (C=O) groups is 1. The van der Waals surface area contributed by atoms with Crippen molar-refractivity contribution in [2.75, 3.05) is 10.6 Å². The van der Waals surface area contributed by atoms with Gasteiger partial charge in [0.2, 0.25) is 0 Å². The van der Waals surface area contributed by atoms with Gasteiger partial charge in [-0.3, -0.25) is 4.79 Å². The van der Waals surface area contributed by atoms with Crippen LogP contribution in [0.5, 0.6) is 0 Å². The maximum atomic E-state index is 12.7. The van der Waals surface area contributed by atoms with E-state index in [0.717, 1.165) is 17.5 Å². The van der Waals surface area contributed by atoms with Crippen LogP contribution in [0.2, 0.25) is 5.02 Å². The molecular formula is C23H19ClN4O. The molecule has 29 heavy (non-hydrogen) atoms. The maximum absolute atomic E-state index is 12.7. The first-order valence-corrected chi connectivity index (χ1v) is 9.40. The Morgan fingerprint density at radius 1 is 1.14 bits per heavy atom. The van der Waals surface area contributed by atoms with Crippen LogP contribution in [0.25, 0.3) is 5.70 Å². The van der Waals surface area contributed by atoms with Crippen molar-refractivity contribution < 1.29 is 4.79 Å². The minimum absolute atomic E-state index is 0.266. The highest BCUT2D eigenvalue weighted by Crippen LogP contribution is 2.26. The number of hydrogen-bond donors (Lipinski definition) is 2. The smallest absolute Gasteiger partial charge is 0.255 e. The Kier molecular flexibility index (Phi) is 6.28. The monoisotopic (exact) mass is 402 g/mol. The first-order chi connectivity index (χ1) is 14.0. The molecule has 0 aliphatic heterocycles. The molecule has 0 fully saturated rings. The quantitative estimate of drug-likeness (QED) is 0.570. The van der Waals surface area contributed by atoms with Gasteiger partial charge >= 0.3 is 0 Å². The van der Waals surface area contributed by atoms with Gasteiger partial charge in [0, 0.05) is 23.0 Å². The highest BCUT2D eigenvalue weighted by atomic mass is 35.5. The predicted molar refractivity (Wildman–Crippen MR) is 117 cm³/mol. The molecule has 0 spiro atoms. The van der Waals surface area contributed by atoms with Crippen LogP contribution in [0.15, 0.2) is 67.4 Å². The summed E-state index contributed by atoms with van der Waals surface area (Å²) in [4.78, 5) is 16.9. The molecule has 0 bridgehead atoms. The zero-order valence-corrected chi connectivity index (χ0v) is 16.6. The average Bonchev–Trinajstić information content (AvgIpc) is 2.75. The number of carbonyl (C=O) groups excluding carboxylic acids is 1. The van der Waals surface area contributed by atoms with Crippen molar-refractivity contribution in [3.63, 3.8) is 0 Å². The number of aryl methyl sites for hydroxylation is 1. The second-order valence-corrected chi connectivity index (χ2v) is 6.78. The molecule has 0 aliphatic carbocycles. The van der Waals surface area contributed by atoms with Crippen LogP contribution in [0.4, 0.5) is 11.5 Å². The van der Waals surface area contributed by atoms with Gasteiger partial charge in [0.05, 0.1) is 22.3 Å². The van der Waals surface area contributed by atoms with Crippen LogP contribution < -0.4 is 10.6 Å². The normalized spacial score (nSPS) is 10.1. The lowest BCUT2D eigenvalue weighted by molar-refractivity contribution is 0.102. The van der Waals surface area contributed by atoms with Crippen LogP contribution in [-0.4, -0.2) is 10.9 Å². The van der Waals surface area contributed by atoms with Crippen molar-refractivity contribution in [2.24, 2.45) is 0 Å². The standard InChI is InChI=1S/C23H19ClN4O/c1-3-16-6-10-21(28-23(29)18-7-4-17(13-25)5-8-18)20(12-16)15(2)27-22-11-9-19(24)14-26-22/h4-12,14H,2-3H2,1H3,(H,26,27)(H,28,29). The highest BCUT2D eigenvalue weighted by molar-refractivity contribution is 6.30. The Hall–Kier alpha value is -3.62. The first kappa shape index (κ1) is 20.1. The number of rotatable bonds is 6. The highest BCUT2D eigenvalue weighted by Gasteiger charge is 2.13. The Balaban J connectivity index is 1.86. The maximum Gasteiger partial charge on any atom is 0.255 e. The van der Waals surface area contributed by atoms with Crippen LogP contribution in [0.3, 0.4) is 0 Å². The molecule has 0 radical (unpaired) electrons. The van der Waals surface area contributed by atoms with Crippen molar-refractivity contribution in [3.05, 3.63) is 94.6 Å². The first-order valence-electron chi connectivity index (χ1n) is 9.02. The fourth-order valence-electron chi connectivity index (χ4n) is 2.73. The topological polar surface area (TPSA) is 77.8 Å². The minimum atomic E-state index is -0.266. The van der Waals surface area contributed by atoms with Crippen molar-refractivity contribution in [1.82, 2.24) is 4.98 Å². The molecule has 0 saturated heterocycles. The summed E-state index contributed by atoms with van der Waals surface area (Å²) in [5.74, 6) is 0.336. The van der Waals surface area contributed by atoms with Crippen molar-refractivity contribution in [1.29, 1.82) is 5.26 Å². The lowest BCUT2D eigenvalue weighted by Gasteiger charge is -2.16. The molecule has 1 aromatic heterocycles. The summed E-state index contributed by atoms with van der Waals surface area (Å²) in [5.41, 5.74) is 4.08. The number of pyridine rings is 1. The average molecular weight is 403 g/mol. The summed E-state index contributed by atoms with van der Waals surface area (Å²) in [5, 5.41) is 15.5. The number of anilines is 2. The van der Waals surface area contributed by atoms with Gasteiger partial charge in [-0.1, -0.05) is 31.2 Å². The molecule has 0 unspecified atom stereocenters. The van der Waals surface area contributed by atoms with Gasteiger partial charge in [-0.15, -0.1) is 0 Å². The number of nitrogens with one attached hydrogen (secondary N) is 2. The van der Waals surface area contributed by atoms with Crippen molar-refractivity contribution in [3.8, 4) is 6.07 Å². The van der Waals surface area contributed by atoms with Crippen LogP contribution in [-0.2, 0) is 6.42 Å². The van der Waals surface area contributed by atoms with E-state index in [9.17, 15) is 4.79 Å². The van der Waals surface area contributed by atoms with Crippen LogP contribution in [0.1, 0.15) is 34.0 Å². The molecule has 6 heteroatoms. The van der Waals surface area contributed by atoms with E-state index in [-0.39, 0.29) is 5.91 Å². The van der Waals surface area contributed by atoms with Gasteiger partial charge in [0.1, 0.15) is 5.82 Å². The molecule has 5 nitrogen and oxygen atoms in total. The summed E-state index contributed by atoms with van der Waals surface area (Å²) in [7, 11) is 0. The third-order valence-corrected chi connectivity index (χ3v) is 4.57. The lowest BCUT2D eigenvalue weighted by Crippen LogP contribution is -2.14. The second-order valence-electron chi connectivity index (χ2n) is 6.34. The Bertz CT molecular complexity index is 1080. The Morgan fingerprint density at radius 3 is 2.52 bits per heavy atom. The third kappa shape index (κ3) is 5.01.